The number of carbonyl (C=O) groups excluding carboxylic acids is 1. The lowest BCUT2D eigenvalue weighted by molar-refractivity contribution is 0.0605. The lowest BCUT2D eigenvalue weighted by Crippen LogP contribution is -2.00. The molecule has 2 heterocycles. The second kappa shape index (κ2) is 6.34. The predicted octanol–water partition coefficient (Wildman–Crippen LogP) is 4.09. The molecule has 3 rings (SSSR count). The Morgan fingerprint density at radius 2 is 2.00 bits per heavy atom. The summed E-state index contributed by atoms with van der Waals surface area (Å²) in [6.07, 6.45) is 2.51. The van der Waals surface area contributed by atoms with Gasteiger partial charge in [-0.1, -0.05) is 19.1 Å². The van der Waals surface area contributed by atoms with Crippen LogP contribution >= 0.6 is 11.3 Å². The lowest BCUT2D eigenvalue weighted by atomic mass is 10.1. The van der Waals surface area contributed by atoms with Crippen LogP contribution in [0.1, 0.15) is 27.7 Å². The molecule has 0 amide bonds. The molecule has 0 atom stereocenters. The number of aromatic nitrogens is 2. The van der Waals surface area contributed by atoms with E-state index in [0.29, 0.717) is 10.7 Å². The highest BCUT2D eigenvalue weighted by Crippen LogP contribution is 2.34. The molecule has 23 heavy (non-hydrogen) atoms. The lowest BCUT2D eigenvalue weighted by Gasteiger charge is -2.08. The van der Waals surface area contributed by atoms with Gasteiger partial charge in [0.2, 0.25) is 0 Å². The molecular formula is C17H17N3O2S. The molecule has 0 fully saturated rings. The first-order valence-corrected chi connectivity index (χ1v) is 8.14. The molecule has 1 aromatic carbocycles. The number of hydrogen-bond donors (Lipinski definition) is 1. The molecule has 5 nitrogen and oxygen atoms in total. The van der Waals surface area contributed by atoms with E-state index in [1.54, 1.807) is 0 Å². The number of ether oxygens (including phenoxy) is 1. The van der Waals surface area contributed by atoms with E-state index in [2.05, 4.69) is 34.3 Å². The van der Waals surface area contributed by atoms with Gasteiger partial charge >= 0.3 is 5.97 Å². The zero-order valence-electron chi connectivity index (χ0n) is 13.2. The molecule has 0 aliphatic rings. The summed E-state index contributed by atoms with van der Waals surface area (Å²) in [5.74, 6) is 0.354. The molecule has 0 aliphatic heterocycles. The average Bonchev–Trinajstić information content (AvgIpc) is 2.93. The molecule has 0 unspecified atom stereocenters. The number of methoxy groups -OCH3 is 1. The Morgan fingerprint density at radius 3 is 2.65 bits per heavy atom. The third kappa shape index (κ3) is 2.90. The molecule has 0 aliphatic carbocycles. The van der Waals surface area contributed by atoms with Crippen molar-refractivity contribution in [2.45, 2.75) is 20.3 Å². The van der Waals surface area contributed by atoms with Gasteiger partial charge < -0.3 is 10.1 Å². The zero-order valence-corrected chi connectivity index (χ0v) is 14.0. The Morgan fingerprint density at radius 1 is 1.26 bits per heavy atom. The maximum absolute atomic E-state index is 11.9. The van der Waals surface area contributed by atoms with Crippen LogP contribution < -0.4 is 5.32 Å². The molecule has 2 aromatic heterocycles. The van der Waals surface area contributed by atoms with Gasteiger partial charge in [-0.05, 0) is 36.6 Å². The minimum atomic E-state index is -0.344. The molecule has 0 saturated heterocycles. The van der Waals surface area contributed by atoms with Gasteiger partial charge in [-0.25, -0.2) is 14.8 Å². The molecule has 0 radical (unpaired) electrons. The number of fused-ring (bicyclic) bond motifs is 1. The van der Waals surface area contributed by atoms with Gasteiger partial charge in [-0.15, -0.1) is 11.3 Å². The third-order valence-corrected chi connectivity index (χ3v) is 4.90. The van der Waals surface area contributed by atoms with Crippen LogP contribution in [0.2, 0.25) is 0 Å². The van der Waals surface area contributed by atoms with Crippen LogP contribution in [0.5, 0.6) is 0 Å². The summed E-state index contributed by atoms with van der Waals surface area (Å²) >= 11 is 1.32. The third-order valence-electron chi connectivity index (χ3n) is 3.72. The topological polar surface area (TPSA) is 64.1 Å². The van der Waals surface area contributed by atoms with Crippen molar-refractivity contribution >= 4 is 39.0 Å². The van der Waals surface area contributed by atoms with Crippen LogP contribution in [0.25, 0.3) is 10.2 Å². The Balaban J connectivity index is 2.03. The van der Waals surface area contributed by atoms with Crippen LogP contribution in [-0.4, -0.2) is 23.0 Å². The van der Waals surface area contributed by atoms with E-state index >= 15 is 0 Å². The quantitative estimate of drug-likeness (QED) is 0.731. The zero-order chi connectivity index (χ0) is 16.4. The summed E-state index contributed by atoms with van der Waals surface area (Å²) in [7, 11) is 1.38. The van der Waals surface area contributed by atoms with Crippen LogP contribution in [0.3, 0.4) is 0 Å². The molecule has 1 N–H and O–H groups in total. The summed E-state index contributed by atoms with van der Waals surface area (Å²) in [5.41, 5.74) is 3.07. The van der Waals surface area contributed by atoms with Crippen molar-refractivity contribution in [3.8, 4) is 0 Å². The number of aryl methyl sites for hydroxylation is 2. The van der Waals surface area contributed by atoms with Gasteiger partial charge in [0.15, 0.2) is 0 Å². The maximum Gasteiger partial charge on any atom is 0.348 e. The number of anilines is 2. The summed E-state index contributed by atoms with van der Waals surface area (Å²) in [5, 5.41) is 4.17. The van der Waals surface area contributed by atoms with Crippen molar-refractivity contribution in [1.29, 1.82) is 0 Å². The van der Waals surface area contributed by atoms with E-state index in [-0.39, 0.29) is 5.97 Å². The predicted molar refractivity (Wildman–Crippen MR) is 92.6 cm³/mol. The highest BCUT2D eigenvalue weighted by atomic mass is 32.1. The number of rotatable bonds is 4. The number of nitrogens with one attached hydrogen (secondary N) is 1. The van der Waals surface area contributed by atoms with Gasteiger partial charge in [0, 0.05) is 5.69 Å². The Bertz CT molecular complexity index is 856. The molecule has 6 heteroatoms. The first kappa shape index (κ1) is 15.4. The minimum Gasteiger partial charge on any atom is -0.465 e. The monoisotopic (exact) mass is 327 g/mol. The normalized spacial score (nSPS) is 10.7. The molecular weight excluding hydrogens is 310 g/mol. The summed E-state index contributed by atoms with van der Waals surface area (Å²) < 4.78 is 4.83. The number of esters is 1. The first-order valence-electron chi connectivity index (χ1n) is 7.32. The first-order chi connectivity index (χ1) is 11.1. The van der Waals surface area contributed by atoms with Gasteiger partial charge in [0.05, 0.1) is 12.5 Å². The summed E-state index contributed by atoms with van der Waals surface area (Å²) in [4.78, 5) is 21.8. The standard InChI is InChI=1S/C17H17N3O2S/c1-4-11-5-7-12(8-6-11)20-15-13-10(2)14(17(21)22-3)23-16(13)19-9-18-15/h5-9H,4H2,1-3H3,(H,18,19,20). The summed E-state index contributed by atoms with van der Waals surface area (Å²) in [6, 6.07) is 8.22. The second-order valence-electron chi connectivity index (χ2n) is 5.13. The second-order valence-corrected chi connectivity index (χ2v) is 6.12. The summed E-state index contributed by atoms with van der Waals surface area (Å²) in [6.45, 7) is 4.01. The van der Waals surface area contributed by atoms with Crippen LogP contribution in [-0.2, 0) is 11.2 Å². The van der Waals surface area contributed by atoms with E-state index in [0.717, 1.165) is 27.9 Å². The number of hydrogen-bond acceptors (Lipinski definition) is 6. The van der Waals surface area contributed by atoms with Gasteiger partial charge in [0.1, 0.15) is 21.9 Å². The van der Waals surface area contributed by atoms with E-state index < -0.39 is 0 Å². The number of benzene rings is 1. The number of carbonyl (C=O) groups is 1. The molecule has 3 aromatic rings. The van der Waals surface area contributed by atoms with E-state index in [9.17, 15) is 4.79 Å². The van der Waals surface area contributed by atoms with Crippen molar-refractivity contribution in [3.05, 3.63) is 46.6 Å². The average molecular weight is 327 g/mol. The van der Waals surface area contributed by atoms with Crippen LogP contribution in [0, 0.1) is 6.92 Å². The van der Waals surface area contributed by atoms with E-state index in [4.69, 9.17) is 4.74 Å². The smallest absolute Gasteiger partial charge is 0.348 e. The Kier molecular flexibility index (Phi) is 4.25. The molecule has 0 saturated carbocycles. The van der Waals surface area contributed by atoms with Gasteiger partial charge in [0.25, 0.3) is 0 Å². The Hall–Kier alpha value is -2.47. The van der Waals surface area contributed by atoms with Crippen LogP contribution in [0.4, 0.5) is 11.5 Å². The fourth-order valence-corrected chi connectivity index (χ4v) is 3.48. The van der Waals surface area contributed by atoms with E-state index in [1.165, 1.54) is 30.3 Å². The highest BCUT2D eigenvalue weighted by molar-refractivity contribution is 7.20. The van der Waals surface area contributed by atoms with Crippen molar-refractivity contribution < 1.29 is 9.53 Å². The van der Waals surface area contributed by atoms with E-state index in [1.807, 2.05) is 19.1 Å². The fourth-order valence-electron chi connectivity index (χ4n) is 2.41. The highest BCUT2D eigenvalue weighted by Gasteiger charge is 2.19. The van der Waals surface area contributed by atoms with Gasteiger partial charge in [-0.2, -0.15) is 0 Å². The Labute approximate surface area is 138 Å². The molecule has 0 bridgehead atoms. The van der Waals surface area contributed by atoms with Crippen molar-refractivity contribution in [2.24, 2.45) is 0 Å². The maximum atomic E-state index is 11.9. The van der Waals surface area contributed by atoms with Crippen molar-refractivity contribution in [1.82, 2.24) is 9.97 Å². The van der Waals surface area contributed by atoms with Crippen LogP contribution in [0.15, 0.2) is 30.6 Å². The van der Waals surface area contributed by atoms with Gasteiger partial charge in [-0.3, -0.25) is 0 Å². The van der Waals surface area contributed by atoms with Crippen molar-refractivity contribution in [2.75, 3.05) is 12.4 Å². The minimum absolute atomic E-state index is 0.344. The fraction of sp³-hybridized carbons (Fsp3) is 0.235. The molecule has 0 spiro atoms. The molecule has 118 valence electrons. The SMILES string of the molecule is CCc1ccc(Nc2ncnc3sc(C(=O)OC)c(C)c23)cc1. The number of thiophene rings is 1. The van der Waals surface area contributed by atoms with Crippen molar-refractivity contribution in [3.63, 3.8) is 0 Å². The largest absolute Gasteiger partial charge is 0.465 e. The number of nitrogens with zero attached hydrogens (tertiary/aromatic N) is 2.